The molecule has 2 aromatic heterocycles. The fourth-order valence-electron chi connectivity index (χ4n) is 2.10. The first kappa shape index (κ1) is 11.9. The molecule has 0 bridgehead atoms. The molecule has 0 aliphatic carbocycles. The zero-order chi connectivity index (χ0) is 14.1. The van der Waals surface area contributed by atoms with E-state index in [9.17, 15) is 5.26 Å². The summed E-state index contributed by atoms with van der Waals surface area (Å²) < 4.78 is 0. The average Bonchev–Trinajstić information content (AvgIpc) is 2.46. The number of nitrogens with zero attached hydrogens (tertiary/aromatic N) is 4. The highest BCUT2D eigenvalue weighted by atomic mass is 15.0. The Balaban J connectivity index is 2.40. The highest BCUT2D eigenvalue weighted by Gasteiger charge is 2.15. The molecular weight excluding hydrogens is 252 g/mol. The molecule has 3 rings (SSSR count). The second-order valence-electron chi connectivity index (χ2n) is 4.18. The third-order valence-corrected chi connectivity index (χ3v) is 2.95. The molecule has 20 heavy (non-hydrogen) atoms. The number of anilines is 2. The summed E-state index contributed by atoms with van der Waals surface area (Å²) >= 11 is 0. The zero-order valence-electron chi connectivity index (χ0n) is 10.4. The largest absolute Gasteiger partial charge is 0.382 e. The first-order chi connectivity index (χ1) is 9.70. The van der Waals surface area contributed by atoms with Gasteiger partial charge >= 0.3 is 0 Å². The van der Waals surface area contributed by atoms with E-state index < -0.39 is 0 Å². The topological polar surface area (TPSA) is 114 Å². The highest BCUT2D eigenvalue weighted by molar-refractivity contribution is 5.94. The molecule has 3 aromatic rings. The number of nitrogens with two attached hydrogens (primary N) is 2. The van der Waals surface area contributed by atoms with Crippen molar-refractivity contribution in [3.63, 3.8) is 0 Å². The van der Waals surface area contributed by atoms with Crippen LogP contribution in [-0.4, -0.2) is 15.0 Å². The summed E-state index contributed by atoms with van der Waals surface area (Å²) in [6.45, 7) is 0. The standard InChI is InChI=1S/C14H10N6/c15-7-10-12(19-14(17)20-13(10)16)9-5-1-3-8-4-2-6-18-11(8)9/h1-6H,(H4,16,17,19,20). The van der Waals surface area contributed by atoms with Crippen LogP contribution < -0.4 is 11.5 Å². The van der Waals surface area contributed by atoms with Crippen LogP contribution in [0.2, 0.25) is 0 Å². The quantitative estimate of drug-likeness (QED) is 0.690. The van der Waals surface area contributed by atoms with Crippen LogP contribution in [0.15, 0.2) is 36.5 Å². The Morgan fingerprint density at radius 2 is 1.85 bits per heavy atom. The maximum Gasteiger partial charge on any atom is 0.222 e. The number of hydrogen-bond acceptors (Lipinski definition) is 6. The number of hydrogen-bond donors (Lipinski definition) is 2. The SMILES string of the molecule is N#Cc1c(N)nc(N)nc1-c1cccc2cccnc12. The lowest BCUT2D eigenvalue weighted by Gasteiger charge is -2.08. The lowest BCUT2D eigenvalue weighted by Crippen LogP contribution is -2.05. The van der Waals surface area contributed by atoms with E-state index in [1.54, 1.807) is 6.20 Å². The molecule has 1 aromatic carbocycles. The van der Waals surface area contributed by atoms with Crippen molar-refractivity contribution in [3.05, 3.63) is 42.1 Å². The summed E-state index contributed by atoms with van der Waals surface area (Å²) in [6.07, 6.45) is 1.69. The molecule has 0 unspecified atom stereocenters. The summed E-state index contributed by atoms with van der Waals surface area (Å²) in [5, 5.41) is 10.2. The molecule has 6 heteroatoms. The minimum absolute atomic E-state index is 0.0319. The molecule has 6 nitrogen and oxygen atoms in total. The summed E-state index contributed by atoms with van der Waals surface area (Å²) in [6, 6.07) is 11.4. The maximum absolute atomic E-state index is 9.25. The van der Waals surface area contributed by atoms with E-state index in [-0.39, 0.29) is 17.3 Å². The van der Waals surface area contributed by atoms with Gasteiger partial charge in [0.05, 0.1) is 11.2 Å². The van der Waals surface area contributed by atoms with Gasteiger partial charge in [-0.3, -0.25) is 4.98 Å². The molecule has 0 saturated carbocycles. The van der Waals surface area contributed by atoms with E-state index in [2.05, 4.69) is 15.0 Å². The first-order valence-corrected chi connectivity index (χ1v) is 5.88. The van der Waals surface area contributed by atoms with Crippen molar-refractivity contribution >= 4 is 22.7 Å². The van der Waals surface area contributed by atoms with Crippen molar-refractivity contribution in [2.24, 2.45) is 0 Å². The van der Waals surface area contributed by atoms with Crippen LogP contribution in [0.1, 0.15) is 5.56 Å². The average molecular weight is 262 g/mol. The minimum atomic E-state index is 0.0319. The van der Waals surface area contributed by atoms with Crippen molar-refractivity contribution in [3.8, 4) is 17.3 Å². The van der Waals surface area contributed by atoms with Gasteiger partial charge in [-0.05, 0) is 6.07 Å². The Hall–Kier alpha value is -3.20. The number of benzene rings is 1. The zero-order valence-corrected chi connectivity index (χ0v) is 10.4. The molecule has 0 aliphatic heterocycles. The van der Waals surface area contributed by atoms with E-state index in [1.165, 1.54) is 0 Å². The van der Waals surface area contributed by atoms with Crippen molar-refractivity contribution in [1.82, 2.24) is 15.0 Å². The van der Waals surface area contributed by atoms with Gasteiger partial charge in [0.25, 0.3) is 0 Å². The Kier molecular flexibility index (Phi) is 2.66. The molecule has 0 spiro atoms. The van der Waals surface area contributed by atoms with E-state index in [0.717, 1.165) is 10.9 Å². The second kappa shape index (κ2) is 4.48. The van der Waals surface area contributed by atoms with Crippen molar-refractivity contribution in [1.29, 1.82) is 5.26 Å². The number of rotatable bonds is 1. The van der Waals surface area contributed by atoms with Gasteiger partial charge in [-0.1, -0.05) is 24.3 Å². The highest BCUT2D eigenvalue weighted by Crippen LogP contribution is 2.30. The summed E-state index contributed by atoms with van der Waals surface area (Å²) in [5.41, 5.74) is 13.4. The third kappa shape index (κ3) is 1.78. The molecule has 0 atom stereocenters. The predicted molar refractivity (Wildman–Crippen MR) is 76.3 cm³/mol. The van der Waals surface area contributed by atoms with E-state index in [4.69, 9.17) is 11.5 Å². The van der Waals surface area contributed by atoms with Crippen LogP contribution in [0, 0.1) is 11.3 Å². The monoisotopic (exact) mass is 262 g/mol. The van der Waals surface area contributed by atoms with Gasteiger partial charge in [0.15, 0.2) is 0 Å². The molecule has 2 heterocycles. The number of pyridine rings is 1. The van der Waals surface area contributed by atoms with Crippen LogP contribution in [-0.2, 0) is 0 Å². The van der Waals surface area contributed by atoms with Crippen LogP contribution in [0.4, 0.5) is 11.8 Å². The number of nitrogen functional groups attached to an aromatic ring is 2. The molecular formula is C14H10N6. The van der Waals surface area contributed by atoms with Crippen molar-refractivity contribution in [2.45, 2.75) is 0 Å². The van der Waals surface area contributed by atoms with Crippen LogP contribution in [0.25, 0.3) is 22.2 Å². The lowest BCUT2D eigenvalue weighted by molar-refractivity contribution is 1.18. The molecule has 4 N–H and O–H groups in total. The number of para-hydroxylation sites is 1. The Morgan fingerprint density at radius 3 is 2.65 bits per heavy atom. The Morgan fingerprint density at radius 1 is 1.05 bits per heavy atom. The smallest absolute Gasteiger partial charge is 0.222 e. The fourth-order valence-corrected chi connectivity index (χ4v) is 2.10. The van der Waals surface area contributed by atoms with Gasteiger partial charge in [0.1, 0.15) is 17.5 Å². The summed E-state index contributed by atoms with van der Waals surface area (Å²) in [5.74, 6) is 0.104. The van der Waals surface area contributed by atoms with Gasteiger partial charge in [-0.25, -0.2) is 4.98 Å². The van der Waals surface area contributed by atoms with Gasteiger partial charge in [0.2, 0.25) is 5.95 Å². The lowest BCUT2D eigenvalue weighted by atomic mass is 10.0. The Bertz CT molecular complexity index is 845. The third-order valence-electron chi connectivity index (χ3n) is 2.95. The Labute approximate surface area is 114 Å². The second-order valence-corrected chi connectivity index (χ2v) is 4.18. The predicted octanol–water partition coefficient (Wildman–Crippen LogP) is 1.73. The number of nitriles is 1. The normalized spacial score (nSPS) is 10.3. The van der Waals surface area contributed by atoms with Crippen LogP contribution in [0.3, 0.4) is 0 Å². The number of fused-ring (bicyclic) bond motifs is 1. The number of aromatic nitrogens is 3. The van der Waals surface area contributed by atoms with Gasteiger partial charge in [0, 0.05) is 17.1 Å². The van der Waals surface area contributed by atoms with Crippen LogP contribution >= 0.6 is 0 Å². The van der Waals surface area contributed by atoms with E-state index in [1.807, 2.05) is 36.4 Å². The maximum atomic E-state index is 9.25. The molecule has 0 fully saturated rings. The van der Waals surface area contributed by atoms with E-state index >= 15 is 0 Å². The van der Waals surface area contributed by atoms with Crippen molar-refractivity contribution in [2.75, 3.05) is 11.5 Å². The van der Waals surface area contributed by atoms with Gasteiger partial charge in [-0.2, -0.15) is 10.2 Å². The van der Waals surface area contributed by atoms with Crippen LogP contribution in [0.5, 0.6) is 0 Å². The minimum Gasteiger partial charge on any atom is -0.382 e. The summed E-state index contributed by atoms with van der Waals surface area (Å²) in [7, 11) is 0. The molecule has 0 aliphatic rings. The molecule has 0 radical (unpaired) electrons. The molecule has 96 valence electrons. The molecule has 0 amide bonds. The van der Waals surface area contributed by atoms with E-state index in [0.29, 0.717) is 11.3 Å². The fraction of sp³-hybridized carbons (Fsp3) is 0. The van der Waals surface area contributed by atoms with Crippen molar-refractivity contribution < 1.29 is 0 Å². The van der Waals surface area contributed by atoms with Gasteiger partial charge < -0.3 is 11.5 Å². The summed E-state index contributed by atoms with van der Waals surface area (Å²) in [4.78, 5) is 12.3. The first-order valence-electron chi connectivity index (χ1n) is 5.88. The molecule has 0 saturated heterocycles. The van der Waals surface area contributed by atoms with Gasteiger partial charge in [-0.15, -0.1) is 0 Å².